The van der Waals surface area contributed by atoms with Gasteiger partial charge >= 0.3 is 0 Å². The van der Waals surface area contributed by atoms with Gasteiger partial charge in [-0.05, 0) is 23.3 Å². The van der Waals surface area contributed by atoms with Gasteiger partial charge in [-0.25, -0.2) is 4.98 Å². The van der Waals surface area contributed by atoms with Crippen LogP contribution >= 0.6 is 11.3 Å². The number of hydrogen-bond donors (Lipinski definition) is 1. The summed E-state index contributed by atoms with van der Waals surface area (Å²) in [6.45, 7) is 1.11. The van der Waals surface area contributed by atoms with E-state index >= 15 is 0 Å². The SMILES string of the molecule is Nc1nc(-c2ccc(C(=O)N(Cc3ccccc3)Cc3ccccc3)cc2)cs1. The van der Waals surface area contributed by atoms with E-state index in [2.05, 4.69) is 4.98 Å². The summed E-state index contributed by atoms with van der Waals surface area (Å²) in [6, 6.07) is 27.7. The van der Waals surface area contributed by atoms with Gasteiger partial charge in [-0.2, -0.15) is 0 Å². The molecule has 1 aromatic heterocycles. The van der Waals surface area contributed by atoms with E-state index in [-0.39, 0.29) is 5.91 Å². The van der Waals surface area contributed by atoms with Crippen molar-refractivity contribution in [2.45, 2.75) is 13.1 Å². The monoisotopic (exact) mass is 399 g/mol. The number of carbonyl (C=O) groups is 1. The average molecular weight is 400 g/mol. The first-order valence-corrected chi connectivity index (χ1v) is 10.3. The number of hydrogen-bond acceptors (Lipinski definition) is 4. The Kier molecular flexibility index (Phi) is 5.68. The molecule has 4 aromatic rings. The molecule has 4 nitrogen and oxygen atoms in total. The summed E-state index contributed by atoms with van der Waals surface area (Å²) in [7, 11) is 0. The van der Waals surface area contributed by atoms with Crippen molar-refractivity contribution in [3.63, 3.8) is 0 Å². The normalized spacial score (nSPS) is 10.6. The largest absolute Gasteiger partial charge is 0.375 e. The van der Waals surface area contributed by atoms with Gasteiger partial charge in [-0.3, -0.25) is 4.79 Å². The van der Waals surface area contributed by atoms with Crippen LogP contribution in [0.1, 0.15) is 21.5 Å². The maximum absolute atomic E-state index is 13.3. The predicted octanol–water partition coefficient (Wildman–Crippen LogP) is 5.23. The number of rotatable bonds is 6. The third kappa shape index (κ3) is 4.70. The Bertz CT molecular complexity index is 1030. The zero-order valence-corrected chi connectivity index (χ0v) is 16.7. The molecule has 0 atom stereocenters. The maximum atomic E-state index is 13.3. The van der Waals surface area contributed by atoms with E-state index in [9.17, 15) is 4.79 Å². The Labute approximate surface area is 174 Å². The third-order valence-corrected chi connectivity index (χ3v) is 5.34. The van der Waals surface area contributed by atoms with Crippen LogP contribution in [0.5, 0.6) is 0 Å². The number of nitrogens with zero attached hydrogens (tertiary/aromatic N) is 2. The summed E-state index contributed by atoms with van der Waals surface area (Å²) in [5.74, 6) is 0.00190. The quantitative estimate of drug-likeness (QED) is 0.483. The summed E-state index contributed by atoms with van der Waals surface area (Å²) in [5, 5.41) is 2.46. The van der Waals surface area contributed by atoms with Crippen LogP contribution in [0.25, 0.3) is 11.3 Å². The van der Waals surface area contributed by atoms with E-state index in [4.69, 9.17) is 5.73 Å². The Morgan fingerprint density at radius 1 is 0.828 bits per heavy atom. The number of carbonyl (C=O) groups excluding carboxylic acids is 1. The van der Waals surface area contributed by atoms with E-state index in [1.807, 2.05) is 95.2 Å². The van der Waals surface area contributed by atoms with Crippen molar-refractivity contribution in [1.29, 1.82) is 0 Å². The molecule has 0 spiro atoms. The molecule has 0 bridgehead atoms. The van der Waals surface area contributed by atoms with Crippen molar-refractivity contribution in [2.24, 2.45) is 0 Å². The first-order chi connectivity index (χ1) is 14.2. The minimum atomic E-state index is 0.00190. The first-order valence-electron chi connectivity index (χ1n) is 9.37. The van der Waals surface area contributed by atoms with E-state index in [0.29, 0.717) is 23.8 Å². The summed E-state index contributed by atoms with van der Waals surface area (Å²) in [6.07, 6.45) is 0. The lowest BCUT2D eigenvalue weighted by Crippen LogP contribution is -2.30. The minimum Gasteiger partial charge on any atom is -0.375 e. The van der Waals surface area contributed by atoms with Crippen LogP contribution in [0.2, 0.25) is 0 Å². The van der Waals surface area contributed by atoms with Crippen molar-refractivity contribution >= 4 is 22.4 Å². The highest BCUT2D eigenvalue weighted by molar-refractivity contribution is 7.13. The summed E-state index contributed by atoms with van der Waals surface area (Å²) < 4.78 is 0. The van der Waals surface area contributed by atoms with Gasteiger partial charge in [0, 0.05) is 29.6 Å². The summed E-state index contributed by atoms with van der Waals surface area (Å²) >= 11 is 1.41. The number of nitrogens with two attached hydrogens (primary N) is 1. The summed E-state index contributed by atoms with van der Waals surface area (Å²) in [5.41, 5.74) is 10.4. The van der Waals surface area contributed by atoms with E-state index in [0.717, 1.165) is 22.4 Å². The second-order valence-electron chi connectivity index (χ2n) is 6.78. The van der Waals surface area contributed by atoms with Crippen molar-refractivity contribution in [2.75, 3.05) is 5.73 Å². The molecule has 1 heterocycles. The second kappa shape index (κ2) is 8.71. The molecule has 0 unspecified atom stereocenters. The lowest BCUT2D eigenvalue weighted by Gasteiger charge is -2.23. The van der Waals surface area contributed by atoms with Gasteiger partial charge in [0.25, 0.3) is 5.91 Å². The molecule has 3 aromatic carbocycles. The zero-order chi connectivity index (χ0) is 20.1. The van der Waals surface area contributed by atoms with Crippen molar-refractivity contribution in [3.05, 3.63) is 107 Å². The van der Waals surface area contributed by atoms with Gasteiger partial charge in [0.15, 0.2) is 5.13 Å². The second-order valence-corrected chi connectivity index (χ2v) is 7.67. The Morgan fingerprint density at radius 2 is 1.38 bits per heavy atom. The average Bonchev–Trinajstić information content (AvgIpc) is 3.21. The molecule has 1 amide bonds. The number of aromatic nitrogens is 1. The number of thiazole rings is 1. The highest BCUT2D eigenvalue weighted by Gasteiger charge is 2.17. The molecule has 0 aliphatic carbocycles. The van der Waals surface area contributed by atoms with Gasteiger partial charge in [-0.15, -0.1) is 11.3 Å². The van der Waals surface area contributed by atoms with Gasteiger partial charge in [0.05, 0.1) is 5.69 Å². The zero-order valence-electron chi connectivity index (χ0n) is 15.9. The van der Waals surface area contributed by atoms with Crippen molar-refractivity contribution in [3.8, 4) is 11.3 Å². The van der Waals surface area contributed by atoms with Crippen LogP contribution in [0.15, 0.2) is 90.3 Å². The van der Waals surface area contributed by atoms with Crippen LogP contribution in [0.3, 0.4) is 0 Å². The highest BCUT2D eigenvalue weighted by Crippen LogP contribution is 2.24. The molecule has 0 saturated heterocycles. The molecular weight excluding hydrogens is 378 g/mol. The smallest absolute Gasteiger partial charge is 0.254 e. The lowest BCUT2D eigenvalue weighted by atomic mass is 10.1. The van der Waals surface area contributed by atoms with E-state index in [1.54, 1.807) is 0 Å². The van der Waals surface area contributed by atoms with E-state index < -0.39 is 0 Å². The van der Waals surface area contributed by atoms with Crippen LogP contribution in [-0.2, 0) is 13.1 Å². The van der Waals surface area contributed by atoms with Crippen molar-refractivity contribution < 1.29 is 4.79 Å². The van der Waals surface area contributed by atoms with Crippen LogP contribution in [0.4, 0.5) is 5.13 Å². The molecule has 0 fully saturated rings. The summed E-state index contributed by atoms with van der Waals surface area (Å²) in [4.78, 5) is 19.5. The molecule has 0 radical (unpaired) electrons. The fraction of sp³-hybridized carbons (Fsp3) is 0.0833. The molecule has 4 rings (SSSR count). The Morgan fingerprint density at radius 3 is 1.86 bits per heavy atom. The predicted molar refractivity (Wildman–Crippen MR) is 118 cm³/mol. The fourth-order valence-corrected chi connectivity index (χ4v) is 3.77. The standard InChI is InChI=1S/C24H21N3OS/c25-24-26-22(17-29-24)20-11-13-21(14-12-20)23(28)27(15-18-7-3-1-4-8-18)16-19-9-5-2-6-10-19/h1-14,17H,15-16H2,(H2,25,26). The number of amides is 1. The number of anilines is 1. The molecule has 2 N–H and O–H groups in total. The fourth-order valence-electron chi connectivity index (χ4n) is 3.19. The molecule has 144 valence electrons. The molecule has 0 saturated carbocycles. The van der Waals surface area contributed by atoms with Crippen LogP contribution in [0, 0.1) is 0 Å². The van der Waals surface area contributed by atoms with Gasteiger partial charge in [-0.1, -0.05) is 72.8 Å². The van der Waals surface area contributed by atoms with Gasteiger partial charge in [0.1, 0.15) is 0 Å². The van der Waals surface area contributed by atoms with Crippen LogP contribution in [-0.4, -0.2) is 15.8 Å². The van der Waals surface area contributed by atoms with E-state index in [1.165, 1.54) is 11.3 Å². The molecule has 0 aliphatic rings. The maximum Gasteiger partial charge on any atom is 0.254 e. The number of nitrogen functional groups attached to an aromatic ring is 1. The molecule has 0 aliphatic heterocycles. The molecular formula is C24H21N3OS. The Balaban J connectivity index is 1.58. The lowest BCUT2D eigenvalue weighted by molar-refractivity contribution is 0.0730. The van der Waals surface area contributed by atoms with Gasteiger partial charge in [0.2, 0.25) is 0 Å². The first kappa shape index (κ1) is 18.9. The minimum absolute atomic E-state index is 0.00190. The van der Waals surface area contributed by atoms with Crippen LogP contribution < -0.4 is 5.73 Å². The Hall–Kier alpha value is -3.44. The molecule has 29 heavy (non-hydrogen) atoms. The molecule has 5 heteroatoms. The van der Waals surface area contributed by atoms with Gasteiger partial charge < -0.3 is 10.6 Å². The topological polar surface area (TPSA) is 59.2 Å². The van der Waals surface area contributed by atoms with Crippen molar-refractivity contribution in [1.82, 2.24) is 9.88 Å². The highest BCUT2D eigenvalue weighted by atomic mass is 32.1. The third-order valence-electron chi connectivity index (χ3n) is 4.67. The number of benzene rings is 3.